The first kappa shape index (κ1) is 20.4. The number of non-ortho nitro benzene ring substituents is 1. The van der Waals surface area contributed by atoms with Gasteiger partial charge in [-0.15, -0.1) is 17.9 Å². The Morgan fingerprint density at radius 2 is 1.93 bits per heavy atom. The maximum atomic E-state index is 10.9. The minimum atomic E-state index is -0.404. The van der Waals surface area contributed by atoms with Crippen molar-refractivity contribution in [1.82, 2.24) is 4.68 Å². The van der Waals surface area contributed by atoms with Crippen LogP contribution < -0.4 is 4.80 Å². The number of aromatic nitrogens is 1. The molecule has 0 bridgehead atoms. The van der Waals surface area contributed by atoms with Gasteiger partial charge in [0.1, 0.15) is 0 Å². The van der Waals surface area contributed by atoms with E-state index in [4.69, 9.17) is 5.10 Å². The highest BCUT2D eigenvalue weighted by Crippen LogP contribution is 2.23. The molecule has 0 fully saturated rings. The Morgan fingerprint density at radius 1 is 1.21 bits per heavy atom. The number of hydrogen-bond donors (Lipinski definition) is 0. The van der Waals surface area contributed by atoms with Crippen LogP contribution in [-0.2, 0) is 0 Å². The second-order valence-electron chi connectivity index (χ2n) is 6.63. The summed E-state index contributed by atoms with van der Waals surface area (Å²) < 4.78 is 1.79. The Morgan fingerprint density at radius 3 is 2.55 bits per heavy atom. The highest BCUT2D eigenvalue weighted by atomic mass is 32.1. The third-order valence-electron chi connectivity index (χ3n) is 4.59. The normalized spacial score (nSPS) is 12.2. The highest BCUT2D eigenvalue weighted by molar-refractivity contribution is 7.07. The fourth-order valence-electron chi connectivity index (χ4n) is 2.77. The maximum Gasteiger partial charge on any atom is 0.269 e. The second-order valence-corrected chi connectivity index (χ2v) is 7.47. The number of rotatable bonds is 6. The van der Waals surface area contributed by atoms with E-state index in [0.29, 0.717) is 6.54 Å². The molecule has 0 radical (unpaired) electrons. The zero-order valence-corrected chi connectivity index (χ0v) is 17.4. The summed E-state index contributed by atoms with van der Waals surface area (Å²) in [5.41, 5.74) is 6.06. The fraction of sp³-hybridized carbons (Fsp3) is 0.182. The highest BCUT2D eigenvalue weighted by Gasteiger charge is 2.11. The van der Waals surface area contributed by atoms with Gasteiger partial charge in [-0.1, -0.05) is 18.2 Å². The molecule has 0 N–H and O–H groups in total. The number of nitrogens with zero attached hydrogens (tertiary/aromatic N) is 4. The van der Waals surface area contributed by atoms with E-state index in [0.717, 1.165) is 27.3 Å². The van der Waals surface area contributed by atoms with Gasteiger partial charge >= 0.3 is 0 Å². The monoisotopic (exact) mass is 406 g/mol. The van der Waals surface area contributed by atoms with E-state index in [1.807, 2.05) is 12.3 Å². The van der Waals surface area contributed by atoms with E-state index in [9.17, 15) is 10.1 Å². The molecular formula is C22H22N4O2S. The van der Waals surface area contributed by atoms with Gasteiger partial charge < -0.3 is 0 Å². The van der Waals surface area contributed by atoms with E-state index in [1.165, 1.54) is 34.6 Å². The lowest BCUT2D eigenvalue weighted by atomic mass is 10.0. The average molecular weight is 407 g/mol. The predicted molar refractivity (Wildman–Crippen MR) is 119 cm³/mol. The molecular weight excluding hydrogens is 384 g/mol. The summed E-state index contributed by atoms with van der Waals surface area (Å²) in [6.45, 7) is 10.3. The van der Waals surface area contributed by atoms with Crippen molar-refractivity contribution in [3.8, 4) is 11.3 Å². The quantitative estimate of drug-likeness (QED) is 0.247. The third-order valence-corrected chi connectivity index (χ3v) is 5.44. The van der Waals surface area contributed by atoms with Crippen molar-refractivity contribution in [2.45, 2.75) is 20.8 Å². The summed E-state index contributed by atoms with van der Waals surface area (Å²) in [6.07, 6.45) is 1.73. The van der Waals surface area contributed by atoms with Gasteiger partial charge in [0.2, 0.25) is 4.80 Å². The minimum Gasteiger partial charge on any atom is -0.258 e. The average Bonchev–Trinajstić information content (AvgIpc) is 3.10. The van der Waals surface area contributed by atoms with Crippen molar-refractivity contribution in [3.63, 3.8) is 0 Å². The number of thiazole rings is 1. The zero-order chi connectivity index (χ0) is 21.0. The lowest BCUT2D eigenvalue weighted by Crippen LogP contribution is -2.14. The topological polar surface area (TPSA) is 72.8 Å². The molecule has 0 saturated heterocycles. The van der Waals surface area contributed by atoms with E-state index in [1.54, 1.807) is 22.9 Å². The molecule has 7 heteroatoms. The molecule has 0 spiro atoms. The van der Waals surface area contributed by atoms with Gasteiger partial charge in [-0.25, -0.2) is 4.68 Å². The molecule has 1 heterocycles. The van der Waals surface area contributed by atoms with Crippen molar-refractivity contribution >= 4 is 22.7 Å². The first-order valence-electron chi connectivity index (χ1n) is 9.10. The van der Waals surface area contributed by atoms with Crippen molar-refractivity contribution < 1.29 is 4.92 Å². The molecule has 2 aromatic carbocycles. The second kappa shape index (κ2) is 8.79. The van der Waals surface area contributed by atoms with Gasteiger partial charge in [-0.2, -0.15) is 5.10 Å². The van der Waals surface area contributed by atoms with Gasteiger partial charge in [0, 0.05) is 23.1 Å². The van der Waals surface area contributed by atoms with Crippen LogP contribution in [0.1, 0.15) is 23.6 Å². The van der Waals surface area contributed by atoms with Gasteiger partial charge in [-0.05, 0) is 55.7 Å². The maximum absolute atomic E-state index is 10.9. The molecule has 29 heavy (non-hydrogen) atoms. The molecule has 0 saturated carbocycles. The lowest BCUT2D eigenvalue weighted by molar-refractivity contribution is -0.384. The van der Waals surface area contributed by atoms with Crippen LogP contribution in [0.15, 0.2) is 70.6 Å². The van der Waals surface area contributed by atoms with Crippen LogP contribution in [-0.4, -0.2) is 21.9 Å². The molecule has 0 atom stereocenters. The van der Waals surface area contributed by atoms with Crippen molar-refractivity contribution in [2.75, 3.05) is 6.54 Å². The van der Waals surface area contributed by atoms with Crippen LogP contribution in [0.3, 0.4) is 0 Å². The lowest BCUT2D eigenvalue weighted by Gasteiger charge is -2.08. The summed E-state index contributed by atoms with van der Waals surface area (Å²) in [4.78, 5) is 15.8. The molecule has 148 valence electrons. The van der Waals surface area contributed by atoms with Crippen molar-refractivity contribution in [1.29, 1.82) is 0 Å². The van der Waals surface area contributed by atoms with Gasteiger partial charge in [-0.3, -0.25) is 15.1 Å². The molecule has 0 amide bonds. The Balaban J connectivity index is 2.12. The Labute approximate surface area is 173 Å². The SMILES string of the molecule is C=CCN=c1scc(-c2ccc([N+](=O)[O-])cc2)n1N=C(C)c1ccc(C)c(C)c1. The standard InChI is InChI=1S/C22H22N4O2S/c1-5-12-23-22-25(24-17(4)19-7-6-15(2)16(3)13-19)21(14-29-22)18-8-10-20(11-9-18)26(27)28/h5-11,13-14H,1,12H2,2-4H3. The first-order chi connectivity index (χ1) is 13.9. The largest absolute Gasteiger partial charge is 0.269 e. The molecule has 0 aliphatic carbocycles. The smallest absolute Gasteiger partial charge is 0.258 e. The summed E-state index contributed by atoms with van der Waals surface area (Å²) in [6, 6.07) is 12.7. The van der Waals surface area contributed by atoms with Crippen LogP contribution in [0.5, 0.6) is 0 Å². The third kappa shape index (κ3) is 4.57. The number of nitro benzene ring substituents is 1. The molecule has 1 aromatic heterocycles. The zero-order valence-electron chi connectivity index (χ0n) is 16.6. The molecule has 0 aliphatic rings. The van der Waals surface area contributed by atoms with Crippen LogP contribution in [0, 0.1) is 24.0 Å². The van der Waals surface area contributed by atoms with Crippen LogP contribution in [0.4, 0.5) is 5.69 Å². The van der Waals surface area contributed by atoms with Gasteiger partial charge in [0.05, 0.1) is 22.9 Å². The Bertz CT molecular complexity index is 1150. The predicted octanol–water partition coefficient (Wildman–Crippen LogP) is 5.10. The van der Waals surface area contributed by atoms with Crippen molar-refractivity contribution in [3.05, 3.63) is 92.1 Å². The number of hydrogen-bond acceptors (Lipinski definition) is 5. The minimum absolute atomic E-state index is 0.0573. The van der Waals surface area contributed by atoms with Gasteiger partial charge in [0.15, 0.2) is 0 Å². The molecule has 3 rings (SSSR count). The van der Waals surface area contributed by atoms with E-state index < -0.39 is 4.92 Å². The summed E-state index contributed by atoms with van der Waals surface area (Å²) >= 11 is 1.47. The number of nitro groups is 1. The van der Waals surface area contributed by atoms with E-state index >= 15 is 0 Å². The summed E-state index contributed by atoms with van der Waals surface area (Å²) in [5, 5.41) is 17.7. The number of benzene rings is 2. The molecule has 0 unspecified atom stereocenters. The molecule has 6 nitrogen and oxygen atoms in total. The first-order valence-corrected chi connectivity index (χ1v) is 9.98. The molecule has 3 aromatic rings. The fourth-order valence-corrected chi connectivity index (χ4v) is 3.61. The van der Waals surface area contributed by atoms with Crippen molar-refractivity contribution in [2.24, 2.45) is 10.1 Å². The number of aryl methyl sites for hydroxylation is 2. The van der Waals surface area contributed by atoms with E-state index in [-0.39, 0.29) is 5.69 Å². The molecule has 0 aliphatic heterocycles. The van der Waals surface area contributed by atoms with E-state index in [2.05, 4.69) is 43.6 Å². The van der Waals surface area contributed by atoms with Crippen LogP contribution in [0.25, 0.3) is 11.3 Å². The van der Waals surface area contributed by atoms with Crippen LogP contribution >= 0.6 is 11.3 Å². The Kier molecular flexibility index (Phi) is 6.19. The summed E-state index contributed by atoms with van der Waals surface area (Å²) in [7, 11) is 0. The van der Waals surface area contributed by atoms with Gasteiger partial charge in [0.25, 0.3) is 5.69 Å². The summed E-state index contributed by atoms with van der Waals surface area (Å²) in [5.74, 6) is 0. The Hall–Kier alpha value is -3.32. The van der Waals surface area contributed by atoms with Crippen LogP contribution in [0.2, 0.25) is 0 Å².